The monoisotopic (exact) mass is 306 g/mol. The molecule has 0 spiro atoms. The smallest absolute Gasteiger partial charge is 0.130 e. The topological polar surface area (TPSA) is 0 Å². The van der Waals surface area contributed by atoms with Crippen molar-refractivity contribution in [3.05, 3.63) is 0 Å². The van der Waals surface area contributed by atoms with Crippen LogP contribution >= 0.6 is 0 Å². The molecule has 0 amide bonds. The maximum atomic E-state index is 3.95. The zero-order valence-corrected chi connectivity index (χ0v) is 16.8. The summed E-state index contributed by atoms with van der Waals surface area (Å²) in [6, 6.07) is 0. The summed E-state index contributed by atoms with van der Waals surface area (Å²) < 4.78 is 0. The lowest BCUT2D eigenvalue weighted by atomic mass is 9.76. The highest BCUT2D eigenvalue weighted by Crippen LogP contribution is 2.41. The van der Waals surface area contributed by atoms with Crippen LogP contribution in [0.5, 0.6) is 0 Å². The van der Waals surface area contributed by atoms with Crippen LogP contribution in [0.2, 0.25) is 16.6 Å². The summed E-state index contributed by atoms with van der Waals surface area (Å²) >= 11 is 0. The van der Waals surface area contributed by atoms with Gasteiger partial charge in [-0.05, 0) is 41.3 Å². The number of hydrogen-bond donors (Lipinski definition) is 0. The highest BCUT2D eigenvalue weighted by molar-refractivity contribution is 6.90. The van der Waals surface area contributed by atoms with Crippen LogP contribution in [0.3, 0.4) is 0 Å². The molecule has 1 heteroatoms. The van der Waals surface area contributed by atoms with Crippen LogP contribution in [0.1, 0.15) is 81.1 Å². The molecule has 0 saturated heterocycles. The normalized spacial score (nSPS) is 23.8. The highest BCUT2D eigenvalue weighted by atomic mass is 28.3. The minimum Gasteiger partial charge on any atom is -0.130 e. The third kappa shape index (κ3) is 4.38. The Morgan fingerprint density at radius 1 is 0.810 bits per heavy atom. The molecule has 1 fully saturated rings. The molecule has 0 unspecified atom stereocenters. The van der Waals surface area contributed by atoms with Crippen molar-refractivity contribution < 1.29 is 0 Å². The molecule has 0 bridgehead atoms. The van der Waals surface area contributed by atoms with Gasteiger partial charge < -0.3 is 0 Å². The average Bonchev–Trinajstić information content (AvgIpc) is 2.38. The lowest BCUT2D eigenvalue weighted by Gasteiger charge is -2.38. The van der Waals surface area contributed by atoms with Crippen LogP contribution in [0.4, 0.5) is 0 Å². The van der Waals surface area contributed by atoms with Gasteiger partial charge in [0.05, 0.1) is 0 Å². The van der Waals surface area contributed by atoms with Gasteiger partial charge in [0.25, 0.3) is 0 Å². The molecule has 1 saturated carbocycles. The van der Waals surface area contributed by atoms with E-state index in [4.69, 9.17) is 0 Å². The van der Waals surface area contributed by atoms with Crippen molar-refractivity contribution in [1.82, 2.24) is 0 Å². The second-order valence-corrected chi connectivity index (χ2v) is 14.1. The third-order valence-electron chi connectivity index (χ3n) is 6.02. The Kier molecular flexibility index (Phi) is 7.05. The zero-order valence-electron chi connectivity index (χ0n) is 15.8. The van der Waals surface area contributed by atoms with Gasteiger partial charge in [-0.3, -0.25) is 0 Å². The molecule has 0 aromatic rings. The maximum absolute atomic E-state index is 3.95. The largest absolute Gasteiger partial charge is 0.145 e. The molecule has 0 N–H and O–H groups in total. The standard InChI is InChI=1S/C20H38Si/c1-15(2)20-11-9-10-19(14-20)12-13-21(16(3)4,17(5)6)18(7)8/h15-20H,9-11,14H2,1-8H3/t19-,20-/m1/s1. The fourth-order valence-electron chi connectivity index (χ4n) is 4.62. The van der Waals surface area contributed by atoms with E-state index in [1.807, 2.05) is 0 Å². The molecule has 1 aliphatic carbocycles. The first-order valence-electron chi connectivity index (χ1n) is 9.24. The first-order chi connectivity index (χ1) is 9.71. The summed E-state index contributed by atoms with van der Waals surface area (Å²) in [7, 11) is -1.52. The van der Waals surface area contributed by atoms with E-state index in [0.717, 1.165) is 28.5 Å². The van der Waals surface area contributed by atoms with Crippen molar-refractivity contribution in [3.8, 4) is 11.5 Å². The van der Waals surface area contributed by atoms with E-state index in [9.17, 15) is 0 Å². The van der Waals surface area contributed by atoms with E-state index in [2.05, 4.69) is 66.9 Å². The molecule has 1 aliphatic rings. The van der Waals surface area contributed by atoms with Crippen molar-refractivity contribution in [3.63, 3.8) is 0 Å². The second-order valence-electron chi connectivity index (χ2n) is 8.53. The fraction of sp³-hybridized carbons (Fsp3) is 0.900. The van der Waals surface area contributed by atoms with Crippen LogP contribution in [0.25, 0.3) is 0 Å². The van der Waals surface area contributed by atoms with E-state index in [1.165, 1.54) is 25.7 Å². The Bertz CT molecular complexity index is 345. The predicted molar refractivity (Wildman–Crippen MR) is 99.1 cm³/mol. The van der Waals surface area contributed by atoms with E-state index < -0.39 is 8.07 Å². The third-order valence-corrected chi connectivity index (χ3v) is 12.3. The van der Waals surface area contributed by atoms with Gasteiger partial charge in [-0.1, -0.05) is 68.2 Å². The van der Waals surface area contributed by atoms with Gasteiger partial charge >= 0.3 is 0 Å². The quantitative estimate of drug-likeness (QED) is 0.402. The first-order valence-corrected chi connectivity index (χ1v) is 11.5. The molecular weight excluding hydrogens is 268 g/mol. The summed E-state index contributed by atoms with van der Waals surface area (Å²) in [5, 5.41) is 0. The van der Waals surface area contributed by atoms with Gasteiger partial charge in [-0.2, -0.15) is 0 Å². The number of hydrogen-bond acceptors (Lipinski definition) is 0. The van der Waals surface area contributed by atoms with Crippen LogP contribution in [0, 0.1) is 29.2 Å². The number of rotatable bonds is 4. The van der Waals surface area contributed by atoms with Gasteiger partial charge in [-0.25, -0.2) is 0 Å². The molecule has 122 valence electrons. The Labute approximate surface area is 135 Å². The van der Waals surface area contributed by atoms with E-state index in [-0.39, 0.29) is 0 Å². The Balaban J connectivity index is 2.95. The van der Waals surface area contributed by atoms with E-state index in [0.29, 0.717) is 5.92 Å². The molecule has 0 heterocycles. The molecule has 0 aromatic heterocycles. The van der Waals surface area contributed by atoms with Crippen molar-refractivity contribution in [1.29, 1.82) is 0 Å². The van der Waals surface area contributed by atoms with Gasteiger partial charge in [0, 0.05) is 5.92 Å². The summed E-state index contributed by atoms with van der Waals surface area (Å²) in [6.45, 7) is 19.3. The highest BCUT2D eigenvalue weighted by Gasteiger charge is 2.41. The Morgan fingerprint density at radius 3 is 1.76 bits per heavy atom. The predicted octanol–water partition coefficient (Wildman–Crippen LogP) is 6.67. The Hall–Kier alpha value is -0.223. The Morgan fingerprint density at radius 2 is 1.33 bits per heavy atom. The second kappa shape index (κ2) is 7.86. The van der Waals surface area contributed by atoms with Crippen molar-refractivity contribution in [2.75, 3.05) is 0 Å². The maximum Gasteiger partial charge on any atom is 0.145 e. The minimum absolute atomic E-state index is 0.675. The minimum atomic E-state index is -1.52. The summed E-state index contributed by atoms with van der Waals surface area (Å²) in [5.74, 6) is 6.22. The zero-order chi connectivity index (χ0) is 16.2. The molecule has 2 atom stereocenters. The summed E-state index contributed by atoms with van der Waals surface area (Å²) in [5.41, 5.74) is 6.23. The van der Waals surface area contributed by atoms with Gasteiger partial charge in [0.1, 0.15) is 8.07 Å². The van der Waals surface area contributed by atoms with Crippen LogP contribution in [0.15, 0.2) is 0 Å². The fourth-order valence-corrected chi connectivity index (χ4v) is 9.94. The lowest BCUT2D eigenvalue weighted by Crippen LogP contribution is -2.43. The van der Waals surface area contributed by atoms with E-state index >= 15 is 0 Å². The van der Waals surface area contributed by atoms with Gasteiger partial charge in [-0.15, -0.1) is 11.5 Å². The summed E-state index contributed by atoms with van der Waals surface area (Å²) in [4.78, 5) is 0. The molecule has 21 heavy (non-hydrogen) atoms. The molecule has 0 radical (unpaired) electrons. The molecule has 0 aromatic carbocycles. The molecular formula is C20H38Si. The molecule has 1 rings (SSSR count). The van der Waals surface area contributed by atoms with Crippen molar-refractivity contribution >= 4 is 8.07 Å². The van der Waals surface area contributed by atoms with Gasteiger partial charge in [0.15, 0.2) is 0 Å². The molecule has 0 aliphatic heterocycles. The van der Waals surface area contributed by atoms with Crippen LogP contribution in [-0.4, -0.2) is 8.07 Å². The molecule has 0 nitrogen and oxygen atoms in total. The van der Waals surface area contributed by atoms with Gasteiger partial charge in [0.2, 0.25) is 0 Å². The lowest BCUT2D eigenvalue weighted by molar-refractivity contribution is 0.246. The van der Waals surface area contributed by atoms with Crippen molar-refractivity contribution in [2.24, 2.45) is 17.8 Å². The van der Waals surface area contributed by atoms with Crippen LogP contribution in [-0.2, 0) is 0 Å². The van der Waals surface area contributed by atoms with E-state index in [1.54, 1.807) is 0 Å². The van der Waals surface area contributed by atoms with Crippen molar-refractivity contribution in [2.45, 2.75) is 97.7 Å². The SMILES string of the molecule is CC(C)[C@@H]1CCC[C@H](C#C[Si](C(C)C)(C(C)C)C(C)C)C1. The first kappa shape index (κ1) is 18.8. The average molecular weight is 307 g/mol. The summed E-state index contributed by atoms with van der Waals surface area (Å²) in [6.07, 6.45) is 5.51. The van der Waals surface area contributed by atoms with Crippen LogP contribution < -0.4 is 0 Å².